The molecule has 1 aromatic carbocycles. The van der Waals surface area contributed by atoms with E-state index in [9.17, 15) is 4.79 Å². The van der Waals surface area contributed by atoms with E-state index in [0.29, 0.717) is 11.7 Å². The van der Waals surface area contributed by atoms with Gasteiger partial charge in [-0.15, -0.1) is 10.2 Å². The van der Waals surface area contributed by atoms with Crippen molar-refractivity contribution in [3.05, 3.63) is 40.9 Å². The number of benzene rings is 1. The molecule has 1 amide bonds. The lowest BCUT2D eigenvalue weighted by molar-refractivity contribution is -0.112. The van der Waals surface area contributed by atoms with Gasteiger partial charge < -0.3 is 4.74 Å². The number of ether oxygens (including phenoxy) is 1. The molecule has 0 spiro atoms. The van der Waals surface area contributed by atoms with Gasteiger partial charge in [0.05, 0.1) is 6.61 Å². The van der Waals surface area contributed by atoms with E-state index in [0.717, 1.165) is 17.7 Å². The van der Waals surface area contributed by atoms with Crippen molar-refractivity contribution in [2.45, 2.75) is 13.3 Å². The van der Waals surface area contributed by atoms with Crippen LogP contribution in [0.5, 0.6) is 5.75 Å². The molecule has 22 heavy (non-hydrogen) atoms. The molecule has 7 heteroatoms. The van der Waals surface area contributed by atoms with Gasteiger partial charge in [0.15, 0.2) is 0 Å². The Kier molecular flexibility index (Phi) is 5.63. The van der Waals surface area contributed by atoms with Crippen LogP contribution in [-0.2, 0) is 4.79 Å². The van der Waals surface area contributed by atoms with Crippen molar-refractivity contribution in [1.29, 1.82) is 5.26 Å². The molecule has 1 N–H and O–H groups in total. The first-order valence-electron chi connectivity index (χ1n) is 6.65. The fourth-order valence-electron chi connectivity index (χ4n) is 1.59. The SMILES string of the molecule is CCCOc1ccc(/C=C(\C#N)C(=O)Nc2nncs2)cc1. The van der Waals surface area contributed by atoms with E-state index in [2.05, 4.69) is 15.5 Å². The van der Waals surface area contributed by atoms with Crippen molar-refractivity contribution >= 4 is 28.5 Å². The maximum atomic E-state index is 12.0. The molecule has 0 aliphatic heterocycles. The van der Waals surface area contributed by atoms with Crippen LogP contribution in [0.15, 0.2) is 35.3 Å². The summed E-state index contributed by atoms with van der Waals surface area (Å²) in [6.07, 6.45) is 2.45. The van der Waals surface area contributed by atoms with Crippen LogP contribution in [0.3, 0.4) is 0 Å². The standard InChI is InChI=1S/C15H14N4O2S/c1-2-7-21-13-5-3-11(4-6-13)8-12(9-16)14(20)18-15-19-17-10-22-15/h3-6,8,10H,2,7H2,1H3,(H,18,19,20)/b12-8+. The largest absolute Gasteiger partial charge is 0.494 e. The summed E-state index contributed by atoms with van der Waals surface area (Å²) in [5.41, 5.74) is 2.24. The summed E-state index contributed by atoms with van der Waals surface area (Å²) in [5.74, 6) is 0.251. The number of aromatic nitrogens is 2. The third-order valence-corrected chi connectivity index (χ3v) is 3.22. The van der Waals surface area contributed by atoms with Gasteiger partial charge in [-0.3, -0.25) is 10.1 Å². The summed E-state index contributed by atoms with van der Waals surface area (Å²) in [4.78, 5) is 12.0. The number of hydrogen-bond acceptors (Lipinski definition) is 6. The first kappa shape index (κ1) is 15.7. The summed E-state index contributed by atoms with van der Waals surface area (Å²) < 4.78 is 5.48. The normalized spacial score (nSPS) is 10.8. The number of amides is 1. The van der Waals surface area contributed by atoms with E-state index < -0.39 is 5.91 Å². The second-order valence-corrected chi connectivity index (χ2v) is 5.12. The highest BCUT2D eigenvalue weighted by atomic mass is 32.1. The summed E-state index contributed by atoms with van der Waals surface area (Å²) in [6, 6.07) is 9.08. The molecule has 0 aliphatic carbocycles. The van der Waals surface area contributed by atoms with Crippen LogP contribution in [0.4, 0.5) is 5.13 Å². The number of anilines is 1. The minimum atomic E-state index is -0.509. The zero-order chi connectivity index (χ0) is 15.8. The van der Waals surface area contributed by atoms with E-state index in [1.807, 2.05) is 13.0 Å². The van der Waals surface area contributed by atoms with Crippen molar-refractivity contribution in [1.82, 2.24) is 10.2 Å². The Labute approximate surface area is 132 Å². The average Bonchev–Trinajstić information content (AvgIpc) is 3.04. The number of nitriles is 1. The Balaban J connectivity index is 2.08. The molecule has 0 bridgehead atoms. The number of nitrogens with one attached hydrogen (secondary N) is 1. The van der Waals surface area contributed by atoms with E-state index in [-0.39, 0.29) is 5.57 Å². The molecule has 0 saturated heterocycles. The maximum Gasteiger partial charge on any atom is 0.268 e. The van der Waals surface area contributed by atoms with Gasteiger partial charge in [-0.25, -0.2) is 0 Å². The summed E-state index contributed by atoms with van der Waals surface area (Å²) >= 11 is 1.19. The van der Waals surface area contributed by atoms with Gasteiger partial charge in [0.2, 0.25) is 5.13 Å². The second kappa shape index (κ2) is 7.90. The van der Waals surface area contributed by atoms with E-state index in [1.54, 1.807) is 24.3 Å². The monoisotopic (exact) mass is 314 g/mol. The quantitative estimate of drug-likeness (QED) is 0.654. The minimum absolute atomic E-state index is 0.00238. The molecule has 0 radical (unpaired) electrons. The lowest BCUT2D eigenvalue weighted by Gasteiger charge is -2.04. The molecule has 112 valence electrons. The molecular formula is C15H14N4O2S. The van der Waals surface area contributed by atoms with Gasteiger partial charge in [-0.1, -0.05) is 30.4 Å². The number of hydrogen-bond donors (Lipinski definition) is 1. The predicted molar refractivity (Wildman–Crippen MR) is 84.4 cm³/mol. The van der Waals surface area contributed by atoms with Gasteiger partial charge in [0.25, 0.3) is 5.91 Å². The van der Waals surface area contributed by atoms with Crippen molar-refractivity contribution in [3.8, 4) is 11.8 Å². The highest BCUT2D eigenvalue weighted by Gasteiger charge is 2.11. The highest BCUT2D eigenvalue weighted by Crippen LogP contribution is 2.16. The van der Waals surface area contributed by atoms with Gasteiger partial charge in [0, 0.05) is 0 Å². The molecule has 6 nitrogen and oxygen atoms in total. The van der Waals surface area contributed by atoms with Crippen LogP contribution in [0.25, 0.3) is 6.08 Å². The van der Waals surface area contributed by atoms with Crippen LogP contribution in [-0.4, -0.2) is 22.7 Å². The zero-order valence-corrected chi connectivity index (χ0v) is 12.8. The van der Waals surface area contributed by atoms with Crippen LogP contribution in [0.2, 0.25) is 0 Å². The first-order chi connectivity index (χ1) is 10.7. The minimum Gasteiger partial charge on any atom is -0.494 e. The van der Waals surface area contributed by atoms with Gasteiger partial charge in [-0.2, -0.15) is 5.26 Å². The Morgan fingerprint density at radius 2 is 2.23 bits per heavy atom. The molecular weight excluding hydrogens is 300 g/mol. The van der Waals surface area contributed by atoms with Crippen molar-refractivity contribution in [2.24, 2.45) is 0 Å². The molecule has 1 heterocycles. The number of nitrogens with zero attached hydrogens (tertiary/aromatic N) is 3. The summed E-state index contributed by atoms with van der Waals surface area (Å²) in [6.45, 7) is 2.69. The predicted octanol–water partition coefficient (Wildman–Crippen LogP) is 2.87. The van der Waals surface area contributed by atoms with Crippen molar-refractivity contribution in [2.75, 3.05) is 11.9 Å². The van der Waals surface area contributed by atoms with Gasteiger partial charge >= 0.3 is 0 Å². The zero-order valence-electron chi connectivity index (χ0n) is 11.9. The van der Waals surface area contributed by atoms with Crippen LogP contribution >= 0.6 is 11.3 Å². The summed E-state index contributed by atoms with van der Waals surface area (Å²) in [7, 11) is 0. The topological polar surface area (TPSA) is 87.9 Å². The van der Waals surface area contributed by atoms with E-state index >= 15 is 0 Å². The van der Waals surface area contributed by atoms with Gasteiger partial charge in [0.1, 0.15) is 22.9 Å². The van der Waals surface area contributed by atoms with Crippen LogP contribution in [0.1, 0.15) is 18.9 Å². The molecule has 0 aliphatic rings. The van der Waals surface area contributed by atoms with E-state index in [1.165, 1.54) is 22.9 Å². The number of carbonyl (C=O) groups excluding carboxylic acids is 1. The van der Waals surface area contributed by atoms with Crippen LogP contribution < -0.4 is 10.1 Å². The molecule has 0 atom stereocenters. The Morgan fingerprint density at radius 1 is 1.45 bits per heavy atom. The lowest BCUT2D eigenvalue weighted by atomic mass is 10.1. The fraction of sp³-hybridized carbons (Fsp3) is 0.200. The Hall–Kier alpha value is -2.72. The first-order valence-corrected chi connectivity index (χ1v) is 7.53. The number of rotatable bonds is 6. The third kappa shape index (κ3) is 4.40. The number of carbonyl (C=O) groups is 1. The molecule has 2 rings (SSSR count). The molecule has 0 unspecified atom stereocenters. The molecule has 0 saturated carbocycles. The van der Waals surface area contributed by atoms with Crippen molar-refractivity contribution in [3.63, 3.8) is 0 Å². The highest BCUT2D eigenvalue weighted by molar-refractivity contribution is 7.13. The second-order valence-electron chi connectivity index (χ2n) is 4.29. The average molecular weight is 314 g/mol. The van der Waals surface area contributed by atoms with E-state index in [4.69, 9.17) is 10.00 Å². The van der Waals surface area contributed by atoms with Crippen LogP contribution in [0, 0.1) is 11.3 Å². The fourth-order valence-corrected chi connectivity index (χ4v) is 2.03. The molecule has 2 aromatic rings. The van der Waals surface area contributed by atoms with Gasteiger partial charge in [-0.05, 0) is 30.2 Å². The summed E-state index contributed by atoms with van der Waals surface area (Å²) in [5, 5.41) is 19.3. The Bertz CT molecular complexity index is 687. The Morgan fingerprint density at radius 3 is 2.82 bits per heavy atom. The molecule has 1 aromatic heterocycles. The smallest absolute Gasteiger partial charge is 0.268 e. The lowest BCUT2D eigenvalue weighted by Crippen LogP contribution is -2.13. The van der Waals surface area contributed by atoms with Crippen molar-refractivity contribution < 1.29 is 9.53 Å². The molecule has 0 fully saturated rings. The maximum absolute atomic E-state index is 12.0. The third-order valence-electron chi connectivity index (χ3n) is 2.61.